The fourth-order valence-electron chi connectivity index (χ4n) is 9.70. The lowest BCUT2D eigenvalue weighted by molar-refractivity contribution is 1.25. The van der Waals surface area contributed by atoms with Gasteiger partial charge in [-0.1, -0.05) is 121 Å². The maximum absolute atomic E-state index is 5.44. The molecule has 0 saturated heterocycles. The molecule has 5 aromatic heterocycles. The molecule has 13 rings (SSSR count). The van der Waals surface area contributed by atoms with Gasteiger partial charge in [-0.05, 0) is 58.6 Å². The molecule has 5 heterocycles. The third-order valence-electron chi connectivity index (χ3n) is 11.7. The van der Waals surface area contributed by atoms with Crippen LogP contribution in [-0.2, 0) is 0 Å². The Morgan fingerprint density at radius 2 is 0.962 bits per heavy atom. The highest BCUT2D eigenvalue weighted by Gasteiger charge is 2.29. The molecule has 13 aromatic rings. The van der Waals surface area contributed by atoms with Crippen molar-refractivity contribution in [1.29, 1.82) is 0 Å². The van der Waals surface area contributed by atoms with E-state index in [4.69, 9.17) is 4.98 Å². The van der Waals surface area contributed by atoms with Crippen molar-refractivity contribution in [2.75, 3.05) is 4.90 Å². The Balaban J connectivity index is 1.30. The van der Waals surface area contributed by atoms with Crippen LogP contribution in [0.15, 0.2) is 170 Å². The maximum atomic E-state index is 5.44. The number of benzene rings is 8. The second kappa shape index (κ2) is 9.78. The highest BCUT2D eigenvalue weighted by atomic mass is 15.2. The van der Waals surface area contributed by atoms with E-state index in [0.717, 1.165) is 28.2 Å². The fraction of sp³-hybridized carbons (Fsp3) is 0. The predicted octanol–water partition coefficient (Wildman–Crippen LogP) is 13.2. The van der Waals surface area contributed by atoms with Gasteiger partial charge >= 0.3 is 0 Å². The third-order valence-corrected chi connectivity index (χ3v) is 11.7. The number of rotatable bonds is 3. The fourth-order valence-corrected chi connectivity index (χ4v) is 9.70. The normalized spacial score (nSPS) is 12.5. The molecule has 0 radical (unpaired) electrons. The monoisotopic (exact) mass is 672 g/mol. The molecule has 0 atom stereocenters. The largest absolute Gasteiger partial charge is 0.308 e. The Kier molecular flexibility index (Phi) is 5.08. The topological polar surface area (TPSA) is 24.9 Å². The lowest BCUT2D eigenvalue weighted by atomic mass is 9.98. The number of hydrogen-bond donors (Lipinski definition) is 0. The van der Waals surface area contributed by atoms with Crippen molar-refractivity contribution in [1.82, 2.24) is 13.8 Å². The van der Waals surface area contributed by atoms with E-state index in [-0.39, 0.29) is 0 Å². The molecule has 0 amide bonds. The molecule has 53 heavy (non-hydrogen) atoms. The van der Waals surface area contributed by atoms with Gasteiger partial charge in [-0.25, -0.2) is 4.98 Å². The molecule has 4 heteroatoms. The number of nitrogens with zero attached hydrogens (tertiary/aromatic N) is 4. The zero-order chi connectivity index (χ0) is 34.4. The minimum Gasteiger partial charge on any atom is -0.308 e. The molecule has 0 bridgehead atoms. The van der Waals surface area contributed by atoms with E-state index < -0.39 is 0 Å². The van der Waals surface area contributed by atoms with Crippen molar-refractivity contribution < 1.29 is 0 Å². The molecule has 0 aliphatic rings. The van der Waals surface area contributed by atoms with E-state index in [0.29, 0.717) is 0 Å². The van der Waals surface area contributed by atoms with Crippen LogP contribution in [-0.4, -0.2) is 13.8 Å². The first-order chi connectivity index (χ1) is 26.3. The van der Waals surface area contributed by atoms with Gasteiger partial charge in [-0.3, -0.25) is 4.40 Å². The first-order valence-corrected chi connectivity index (χ1v) is 18.2. The maximum Gasteiger partial charge on any atom is 0.146 e. The second-order valence-corrected chi connectivity index (χ2v) is 14.3. The first-order valence-electron chi connectivity index (χ1n) is 18.2. The standard InChI is InChI=1S/C49H28N4/c1-3-16-31(17-4-1)51(32-18-5-2-6-19-32)47-34-21-10-8-15-30(34)27-39-36-23-13-24-37-42-41(52(45(36)37)48(39)47)28-50-49-44(42)43-33-20-9-7-14-29(33)26-38-35-22-11-12-25-40(35)53(49)46(38)43/h1-28H. The molecule has 8 aromatic carbocycles. The van der Waals surface area contributed by atoms with Gasteiger partial charge in [0.15, 0.2) is 0 Å². The summed E-state index contributed by atoms with van der Waals surface area (Å²) in [6.07, 6.45) is 2.13. The Bertz CT molecular complexity index is 3580. The van der Waals surface area contributed by atoms with E-state index in [1.54, 1.807) is 0 Å². The number of hydrogen-bond acceptors (Lipinski definition) is 2. The SMILES string of the molecule is c1ccc(N(c2ccccc2)c2c3ccccc3cc3c4cccc5c6c7c8c9ccccc9cc9c%10ccccc%10n(c7ncc6n(c23)c45)c98)cc1. The Labute approximate surface area is 302 Å². The predicted molar refractivity (Wildman–Crippen MR) is 223 cm³/mol. The molecule has 0 aliphatic heterocycles. The smallest absolute Gasteiger partial charge is 0.146 e. The van der Waals surface area contributed by atoms with E-state index in [9.17, 15) is 0 Å². The summed E-state index contributed by atoms with van der Waals surface area (Å²) in [5.74, 6) is 0. The molecular formula is C49H28N4. The summed E-state index contributed by atoms with van der Waals surface area (Å²) in [4.78, 5) is 7.88. The van der Waals surface area contributed by atoms with Crippen LogP contribution < -0.4 is 4.90 Å². The number of pyridine rings is 1. The molecule has 0 saturated carbocycles. The molecule has 4 nitrogen and oxygen atoms in total. The minimum atomic E-state index is 1.01. The average Bonchev–Trinajstić information content (AvgIpc) is 3.94. The van der Waals surface area contributed by atoms with E-state index in [2.05, 4.69) is 184 Å². The summed E-state index contributed by atoms with van der Waals surface area (Å²) < 4.78 is 4.94. The molecule has 0 spiro atoms. The van der Waals surface area contributed by atoms with Gasteiger partial charge in [-0.2, -0.15) is 0 Å². The summed E-state index contributed by atoms with van der Waals surface area (Å²) in [7, 11) is 0. The Morgan fingerprint density at radius 1 is 0.377 bits per heavy atom. The highest BCUT2D eigenvalue weighted by molar-refractivity contribution is 6.39. The molecule has 244 valence electrons. The second-order valence-electron chi connectivity index (χ2n) is 14.3. The summed E-state index contributed by atoms with van der Waals surface area (Å²) in [6.45, 7) is 0. The Hall–Kier alpha value is -7.17. The van der Waals surface area contributed by atoms with Crippen LogP contribution in [0.1, 0.15) is 0 Å². The minimum absolute atomic E-state index is 1.01. The quantitative estimate of drug-likeness (QED) is 0.187. The van der Waals surface area contributed by atoms with Crippen LogP contribution in [0.5, 0.6) is 0 Å². The van der Waals surface area contributed by atoms with Gasteiger partial charge in [0.25, 0.3) is 0 Å². The summed E-state index contributed by atoms with van der Waals surface area (Å²) in [5, 5.41) is 15.0. The molecule has 0 N–H and O–H groups in total. The molecule has 0 fully saturated rings. The van der Waals surface area contributed by atoms with E-state index in [1.807, 2.05) is 0 Å². The number of fused-ring (bicyclic) bond motifs is 16. The van der Waals surface area contributed by atoms with Gasteiger partial charge in [-0.15, -0.1) is 0 Å². The van der Waals surface area contributed by atoms with Crippen LogP contribution in [0.25, 0.3) is 97.9 Å². The lowest BCUT2D eigenvalue weighted by Gasteiger charge is -2.28. The summed E-state index contributed by atoms with van der Waals surface area (Å²) in [6, 6.07) is 59.7. The van der Waals surface area contributed by atoms with Gasteiger partial charge in [0, 0.05) is 59.9 Å². The zero-order valence-electron chi connectivity index (χ0n) is 28.5. The number of anilines is 3. The lowest BCUT2D eigenvalue weighted by Crippen LogP contribution is -2.11. The van der Waals surface area contributed by atoms with Gasteiger partial charge in [0.2, 0.25) is 0 Å². The van der Waals surface area contributed by atoms with Crippen molar-refractivity contribution in [3.8, 4) is 0 Å². The van der Waals surface area contributed by atoms with Crippen molar-refractivity contribution in [3.05, 3.63) is 170 Å². The van der Waals surface area contributed by atoms with Crippen LogP contribution in [0.2, 0.25) is 0 Å². The summed E-state index contributed by atoms with van der Waals surface area (Å²) in [5.41, 5.74) is 10.4. The van der Waals surface area contributed by atoms with Crippen LogP contribution in [0.4, 0.5) is 17.1 Å². The zero-order valence-corrected chi connectivity index (χ0v) is 28.5. The van der Waals surface area contributed by atoms with Crippen molar-refractivity contribution in [2.45, 2.75) is 0 Å². The molecular weight excluding hydrogens is 645 g/mol. The van der Waals surface area contributed by atoms with Crippen LogP contribution >= 0.6 is 0 Å². The van der Waals surface area contributed by atoms with Crippen molar-refractivity contribution in [2.24, 2.45) is 0 Å². The van der Waals surface area contributed by atoms with E-state index >= 15 is 0 Å². The Morgan fingerprint density at radius 3 is 1.72 bits per heavy atom. The van der Waals surface area contributed by atoms with Gasteiger partial charge in [0.05, 0.1) is 39.5 Å². The van der Waals surface area contributed by atoms with Crippen LogP contribution in [0, 0.1) is 0 Å². The highest BCUT2D eigenvalue weighted by Crippen LogP contribution is 2.51. The molecule has 0 unspecified atom stereocenters. The van der Waals surface area contributed by atoms with Gasteiger partial charge < -0.3 is 9.30 Å². The molecule has 0 aliphatic carbocycles. The van der Waals surface area contributed by atoms with Gasteiger partial charge in [0.1, 0.15) is 5.65 Å². The van der Waals surface area contributed by atoms with E-state index in [1.165, 1.54) is 86.7 Å². The van der Waals surface area contributed by atoms with Crippen LogP contribution in [0.3, 0.4) is 0 Å². The summed E-state index contributed by atoms with van der Waals surface area (Å²) >= 11 is 0. The number of para-hydroxylation sites is 4. The average molecular weight is 673 g/mol. The number of aromatic nitrogens is 3. The van der Waals surface area contributed by atoms with Crippen molar-refractivity contribution >= 4 is 115 Å². The third kappa shape index (κ3) is 3.34. The first kappa shape index (κ1) is 27.5. The van der Waals surface area contributed by atoms with Crippen molar-refractivity contribution in [3.63, 3.8) is 0 Å².